The zero-order valence-electron chi connectivity index (χ0n) is 15.8. The van der Waals surface area contributed by atoms with Crippen LogP contribution in [0.3, 0.4) is 0 Å². The number of hydrogen-bond donors (Lipinski definition) is 1. The first-order valence-corrected chi connectivity index (χ1v) is 9.44. The van der Waals surface area contributed by atoms with Gasteiger partial charge in [-0.15, -0.1) is 0 Å². The lowest BCUT2D eigenvalue weighted by Crippen LogP contribution is -2.58. The molecule has 0 radical (unpaired) electrons. The molecule has 2 aliphatic heterocycles. The Morgan fingerprint density at radius 3 is 2.71 bits per heavy atom. The maximum absolute atomic E-state index is 12.6. The summed E-state index contributed by atoms with van der Waals surface area (Å²) >= 11 is 0. The maximum Gasteiger partial charge on any atom is 0.424 e. The van der Waals surface area contributed by atoms with E-state index in [1.165, 1.54) is 9.91 Å². The first-order chi connectivity index (χ1) is 13.6. The lowest BCUT2D eigenvalue weighted by atomic mass is 10.1. The number of likely N-dealkylation sites (tertiary alicyclic amines) is 1. The smallest absolute Gasteiger partial charge is 0.424 e. The molecule has 2 atom stereocenters. The van der Waals surface area contributed by atoms with Crippen molar-refractivity contribution in [1.29, 1.82) is 0 Å². The number of amides is 2. The minimum Gasteiger partial charge on any atom is -0.465 e. The van der Waals surface area contributed by atoms with Gasteiger partial charge in [-0.2, -0.15) is 0 Å². The molecule has 1 aromatic rings. The summed E-state index contributed by atoms with van der Waals surface area (Å²) in [5, 5.41) is 1.24. The Morgan fingerprint density at radius 2 is 2.04 bits per heavy atom. The topological polar surface area (TPSA) is 97.4 Å². The van der Waals surface area contributed by atoms with Crippen LogP contribution in [0.5, 0.6) is 0 Å². The maximum atomic E-state index is 12.6. The molecule has 2 heterocycles. The summed E-state index contributed by atoms with van der Waals surface area (Å²) in [6.45, 7) is 3.10. The van der Waals surface area contributed by atoms with E-state index in [9.17, 15) is 14.4 Å². The third-order valence-electron chi connectivity index (χ3n) is 4.72. The molecule has 2 amide bonds. The molecule has 2 aliphatic rings. The zero-order chi connectivity index (χ0) is 19.9. The van der Waals surface area contributed by atoms with Crippen molar-refractivity contribution in [2.45, 2.75) is 38.5 Å². The number of esters is 1. The number of nitrogens with zero attached hydrogens (tertiary/aromatic N) is 2. The molecule has 152 valence electrons. The monoisotopic (exact) mass is 391 g/mol. The van der Waals surface area contributed by atoms with Crippen LogP contribution in [0.2, 0.25) is 0 Å². The zero-order valence-corrected chi connectivity index (χ0v) is 15.8. The van der Waals surface area contributed by atoms with Crippen LogP contribution in [0.15, 0.2) is 30.3 Å². The molecule has 2 fully saturated rings. The van der Waals surface area contributed by atoms with Gasteiger partial charge >= 0.3 is 18.2 Å². The second-order valence-corrected chi connectivity index (χ2v) is 6.57. The van der Waals surface area contributed by atoms with Crippen LogP contribution in [0.4, 0.5) is 9.59 Å². The van der Waals surface area contributed by atoms with Crippen molar-refractivity contribution in [3.05, 3.63) is 35.9 Å². The Bertz CT molecular complexity index is 698. The highest BCUT2D eigenvalue weighted by molar-refractivity contribution is 5.79. The molecule has 0 saturated carbocycles. The number of rotatable bonds is 7. The molecule has 28 heavy (non-hydrogen) atoms. The largest absolute Gasteiger partial charge is 0.465 e. The fourth-order valence-electron chi connectivity index (χ4n) is 3.37. The van der Waals surface area contributed by atoms with E-state index >= 15 is 0 Å². The van der Waals surface area contributed by atoms with Crippen molar-refractivity contribution in [2.24, 2.45) is 0 Å². The molecule has 0 aromatic heterocycles. The normalized spacial score (nSPS) is 20.0. The highest BCUT2D eigenvalue weighted by Gasteiger charge is 2.42. The SMILES string of the molecule is CCOC(=O)C(NN1CCOC1=O)C1CCCN1C(=O)OCc1ccccc1. The summed E-state index contributed by atoms with van der Waals surface area (Å²) in [6, 6.07) is 8.02. The summed E-state index contributed by atoms with van der Waals surface area (Å²) < 4.78 is 15.5. The van der Waals surface area contributed by atoms with Gasteiger partial charge in [0.1, 0.15) is 19.3 Å². The van der Waals surface area contributed by atoms with E-state index in [4.69, 9.17) is 14.2 Å². The number of hydrogen-bond acceptors (Lipinski definition) is 7. The lowest BCUT2D eigenvalue weighted by Gasteiger charge is -2.32. The van der Waals surface area contributed by atoms with Gasteiger partial charge in [0.15, 0.2) is 0 Å². The van der Waals surface area contributed by atoms with Gasteiger partial charge in [-0.05, 0) is 25.3 Å². The minimum atomic E-state index is -0.877. The fraction of sp³-hybridized carbons (Fsp3) is 0.526. The number of ether oxygens (including phenoxy) is 3. The Kier molecular flexibility index (Phi) is 6.70. The van der Waals surface area contributed by atoms with Gasteiger partial charge in [0.25, 0.3) is 0 Å². The summed E-state index contributed by atoms with van der Waals surface area (Å²) in [6.07, 6.45) is 0.282. The molecule has 0 bridgehead atoms. The van der Waals surface area contributed by atoms with Crippen molar-refractivity contribution in [1.82, 2.24) is 15.3 Å². The number of hydrazine groups is 1. The first-order valence-electron chi connectivity index (χ1n) is 9.44. The Labute approximate surface area is 163 Å². The van der Waals surface area contributed by atoms with Gasteiger partial charge in [-0.25, -0.2) is 20.0 Å². The van der Waals surface area contributed by atoms with Gasteiger partial charge in [0.2, 0.25) is 0 Å². The first kappa shape index (κ1) is 19.9. The number of nitrogens with one attached hydrogen (secondary N) is 1. The Hall–Kier alpha value is -2.81. The fourth-order valence-corrected chi connectivity index (χ4v) is 3.37. The molecule has 9 heteroatoms. The summed E-state index contributed by atoms with van der Waals surface area (Å²) in [4.78, 5) is 38.5. The number of benzene rings is 1. The number of cyclic esters (lactones) is 1. The third-order valence-corrected chi connectivity index (χ3v) is 4.72. The van der Waals surface area contributed by atoms with E-state index in [0.717, 1.165) is 12.0 Å². The summed E-state index contributed by atoms with van der Waals surface area (Å²) in [7, 11) is 0. The van der Waals surface area contributed by atoms with E-state index in [-0.39, 0.29) is 19.8 Å². The van der Waals surface area contributed by atoms with Crippen LogP contribution >= 0.6 is 0 Å². The third kappa shape index (κ3) is 4.72. The van der Waals surface area contributed by atoms with E-state index in [1.54, 1.807) is 6.92 Å². The van der Waals surface area contributed by atoms with Crippen LogP contribution in [-0.4, -0.2) is 66.5 Å². The number of carbonyl (C=O) groups is 3. The van der Waals surface area contributed by atoms with Gasteiger partial charge < -0.3 is 19.1 Å². The van der Waals surface area contributed by atoms with Crippen LogP contribution < -0.4 is 5.43 Å². The quantitative estimate of drug-likeness (QED) is 0.558. The molecular formula is C19H25N3O6. The molecule has 0 aliphatic carbocycles. The van der Waals surface area contributed by atoms with E-state index < -0.39 is 30.2 Å². The van der Waals surface area contributed by atoms with Gasteiger partial charge in [-0.3, -0.25) is 4.79 Å². The van der Waals surface area contributed by atoms with Gasteiger partial charge in [0, 0.05) is 6.54 Å². The van der Waals surface area contributed by atoms with Gasteiger partial charge in [-0.1, -0.05) is 30.3 Å². The van der Waals surface area contributed by atoms with Crippen molar-refractivity contribution < 1.29 is 28.6 Å². The molecule has 1 aromatic carbocycles. The standard InChI is InChI=1S/C19H25N3O6/c1-2-26-17(23)16(20-22-11-12-27-19(22)25)15-9-6-10-21(15)18(24)28-13-14-7-4-3-5-8-14/h3-5,7-8,15-16,20H,2,6,9-13H2,1H3. The Balaban J connectivity index is 1.67. The molecule has 2 unspecified atom stereocenters. The van der Waals surface area contributed by atoms with E-state index in [1.807, 2.05) is 30.3 Å². The van der Waals surface area contributed by atoms with Crippen LogP contribution in [-0.2, 0) is 25.6 Å². The predicted octanol–water partition coefficient (Wildman–Crippen LogP) is 1.68. The average molecular weight is 391 g/mol. The van der Waals surface area contributed by atoms with Crippen molar-refractivity contribution in [3.63, 3.8) is 0 Å². The minimum absolute atomic E-state index is 0.152. The highest BCUT2D eigenvalue weighted by Crippen LogP contribution is 2.23. The molecule has 1 N–H and O–H groups in total. The number of carbonyl (C=O) groups excluding carboxylic acids is 3. The van der Waals surface area contributed by atoms with E-state index in [0.29, 0.717) is 19.5 Å². The molecule has 3 rings (SSSR count). The van der Waals surface area contributed by atoms with Crippen LogP contribution in [0.1, 0.15) is 25.3 Å². The van der Waals surface area contributed by atoms with Crippen molar-refractivity contribution >= 4 is 18.2 Å². The van der Waals surface area contributed by atoms with Crippen LogP contribution in [0, 0.1) is 0 Å². The summed E-state index contributed by atoms with van der Waals surface area (Å²) in [5.74, 6) is -0.519. The molecular weight excluding hydrogens is 366 g/mol. The second-order valence-electron chi connectivity index (χ2n) is 6.57. The second kappa shape index (κ2) is 9.41. The highest BCUT2D eigenvalue weighted by atomic mass is 16.6. The van der Waals surface area contributed by atoms with Gasteiger partial charge in [0.05, 0.1) is 19.2 Å². The molecule has 9 nitrogen and oxygen atoms in total. The Morgan fingerprint density at radius 1 is 1.25 bits per heavy atom. The van der Waals surface area contributed by atoms with Crippen molar-refractivity contribution in [2.75, 3.05) is 26.3 Å². The molecule has 2 saturated heterocycles. The van der Waals surface area contributed by atoms with Crippen LogP contribution in [0.25, 0.3) is 0 Å². The van der Waals surface area contributed by atoms with E-state index in [2.05, 4.69) is 5.43 Å². The predicted molar refractivity (Wildman–Crippen MR) is 98.0 cm³/mol. The molecule has 0 spiro atoms. The summed E-state index contributed by atoms with van der Waals surface area (Å²) in [5.41, 5.74) is 3.77. The van der Waals surface area contributed by atoms with Crippen molar-refractivity contribution in [3.8, 4) is 0 Å². The average Bonchev–Trinajstić information content (AvgIpc) is 3.34. The lowest BCUT2D eigenvalue weighted by molar-refractivity contribution is -0.148.